The molecule has 0 saturated carbocycles. The summed E-state index contributed by atoms with van der Waals surface area (Å²) in [6.45, 7) is 6.17. The number of nitrogens with one attached hydrogen (secondary N) is 11. The smallest absolute Gasteiger partial charge is 0.340 e. The second-order valence-corrected chi connectivity index (χ2v) is 27.8. The van der Waals surface area contributed by atoms with Gasteiger partial charge in [-0.1, -0.05) is 69.5 Å². The van der Waals surface area contributed by atoms with Gasteiger partial charge in [-0.2, -0.15) is 0 Å². The molecule has 10 atom stereocenters. The fourth-order valence-corrected chi connectivity index (χ4v) is 13.5. The topological polar surface area (TPSA) is 543 Å². The van der Waals surface area contributed by atoms with Crippen LogP contribution in [0.15, 0.2) is 84.9 Å². The first-order chi connectivity index (χ1) is 51.7. The summed E-state index contributed by atoms with van der Waals surface area (Å²) >= 11 is 5.52. The van der Waals surface area contributed by atoms with Crippen molar-refractivity contribution in [3.8, 4) is 23.0 Å². The van der Waals surface area contributed by atoms with Gasteiger partial charge in [0.1, 0.15) is 83.4 Å². The number of carboxylic acids is 2. The number of ether oxygens (including phenoxy) is 2. The number of esters is 1. The van der Waals surface area contributed by atoms with E-state index in [0.717, 1.165) is 6.92 Å². The second kappa shape index (κ2) is 37.5. The highest BCUT2D eigenvalue weighted by Crippen LogP contribution is 2.57. The van der Waals surface area contributed by atoms with E-state index in [1.807, 2.05) is 0 Å². The van der Waals surface area contributed by atoms with E-state index in [1.54, 1.807) is 74.5 Å². The maximum Gasteiger partial charge on any atom is 0.340 e. The molecule has 4 aromatic rings. The molecule has 0 radical (unpaired) electrons. The number of anilines is 1. The van der Waals surface area contributed by atoms with Gasteiger partial charge in [0.25, 0.3) is 0 Å². The predicted molar refractivity (Wildman–Crippen MR) is 390 cm³/mol. The Hall–Kier alpha value is -12.0. The Bertz CT molecular complexity index is 4130. The van der Waals surface area contributed by atoms with E-state index in [9.17, 15) is 92.3 Å². The lowest BCUT2D eigenvalue weighted by atomic mass is 9.77. The Labute approximate surface area is 630 Å². The van der Waals surface area contributed by atoms with Crippen molar-refractivity contribution in [2.24, 2.45) is 17.4 Å². The SMILES string of the molecule is CC(=O)N[C@H](C(=O)N1CCC[C@H]1C(=O)N[C@H]1CCCCC[C@@H](C(=O)N[C@@H](CC(=O)O)C(=O)N[C@@H](C)C(=O)N[C@@H](CC(=O)O)C(=O)N[C@@H](CCCCNC(=S)Nc2ccc3c(c2)C(=O)OC32c3ccc(O)cc3Oc3cc(O)ccc32)C(N)=O)NC(=O)[C@H](Cc2ccccc2)NC(=O)[C@H](CCC(N)=O)NC1=O)C(C)C. The third-order valence-electron chi connectivity index (χ3n) is 18.8. The molecule has 0 aliphatic carbocycles. The Morgan fingerprint density at radius 1 is 0.651 bits per heavy atom. The number of hydrogen-bond acceptors (Lipinski definition) is 20. The predicted octanol–water partition coefficient (Wildman–Crippen LogP) is 0.0795. The number of fused-ring (bicyclic) bond motifs is 6. The van der Waals surface area contributed by atoms with Crippen LogP contribution in [0.5, 0.6) is 23.0 Å². The van der Waals surface area contributed by atoms with Crippen LogP contribution in [0.4, 0.5) is 5.69 Å². The molecule has 0 aromatic heterocycles. The maximum absolute atomic E-state index is 14.5. The average molecular weight is 1530 g/mol. The van der Waals surface area contributed by atoms with Crippen molar-refractivity contribution in [3.63, 3.8) is 0 Å². The number of likely N-dealkylation sites (tertiary alicyclic amines) is 1. The third kappa shape index (κ3) is 21.9. The minimum Gasteiger partial charge on any atom is -0.508 e. The summed E-state index contributed by atoms with van der Waals surface area (Å²) in [6.07, 6.45) is -2.03. The summed E-state index contributed by atoms with van der Waals surface area (Å²) < 4.78 is 12.1. The summed E-state index contributed by atoms with van der Waals surface area (Å²) in [5.41, 5.74) is 12.1. The quantitative estimate of drug-likeness (QED) is 0.0194. The Morgan fingerprint density at radius 3 is 1.88 bits per heavy atom. The Kier molecular flexibility index (Phi) is 28.5. The van der Waals surface area contributed by atoms with Gasteiger partial charge < -0.3 is 105 Å². The first kappa shape index (κ1) is 82.7. The molecule has 109 heavy (non-hydrogen) atoms. The molecular weight excluding hydrogens is 1440 g/mol. The molecule has 19 N–H and O–H groups in total. The number of carbonyl (C=O) groups excluding carboxylic acids is 13. The molecule has 8 rings (SSSR count). The highest BCUT2D eigenvalue weighted by molar-refractivity contribution is 7.80. The molecule has 4 aliphatic rings. The Balaban J connectivity index is 0.885. The number of benzene rings is 4. The minimum atomic E-state index is -1.99. The number of carboxylic acid groups (broad SMARTS) is 2. The van der Waals surface area contributed by atoms with Crippen molar-refractivity contribution in [3.05, 3.63) is 113 Å². The van der Waals surface area contributed by atoms with Crippen molar-refractivity contribution < 1.29 is 102 Å². The second-order valence-electron chi connectivity index (χ2n) is 27.4. The van der Waals surface area contributed by atoms with Crippen LogP contribution in [-0.2, 0) is 83.9 Å². The Morgan fingerprint density at radius 2 is 1.26 bits per heavy atom. The molecule has 4 aromatic carbocycles. The van der Waals surface area contributed by atoms with Gasteiger partial charge >= 0.3 is 17.9 Å². The van der Waals surface area contributed by atoms with Gasteiger partial charge in [-0.3, -0.25) is 67.1 Å². The van der Waals surface area contributed by atoms with Crippen LogP contribution in [-0.4, -0.2) is 193 Å². The van der Waals surface area contributed by atoms with Crippen molar-refractivity contribution in [2.45, 2.75) is 190 Å². The van der Waals surface area contributed by atoms with Crippen molar-refractivity contribution in [1.29, 1.82) is 0 Å². The summed E-state index contributed by atoms with van der Waals surface area (Å²) in [6, 6.07) is 6.81. The summed E-state index contributed by atoms with van der Waals surface area (Å²) in [5, 5.41) is 68.8. The molecule has 1 spiro atoms. The van der Waals surface area contributed by atoms with Crippen molar-refractivity contribution >= 4 is 112 Å². The van der Waals surface area contributed by atoms with Gasteiger partial charge in [0.05, 0.1) is 18.4 Å². The third-order valence-corrected chi connectivity index (χ3v) is 19.0. The normalized spacial score (nSPS) is 19.5. The molecule has 2 fully saturated rings. The number of aromatic hydroxyl groups is 2. The molecule has 35 nitrogen and oxygen atoms in total. The molecule has 4 heterocycles. The highest BCUT2D eigenvalue weighted by atomic mass is 32.1. The van der Waals surface area contributed by atoms with Gasteiger partial charge in [0, 0.05) is 67.4 Å². The molecule has 4 aliphatic heterocycles. The number of primary amides is 2. The number of phenols is 2. The number of thiocarbonyl (C=S) groups is 1. The van der Waals surface area contributed by atoms with Gasteiger partial charge in [-0.05, 0) is 118 Å². The number of phenolic OH excluding ortho intramolecular Hbond substituents is 2. The molecule has 584 valence electrons. The van der Waals surface area contributed by atoms with Gasteiger partial charge in [-0.25, -0.2) is 4.79 Å². The lowest BCUT2D eigenvalue weighted by molar-refractivity contribution is -0.143. The first-order valence-electron chi connectivity index (χ1n) is 35.6. The molecule has 12 amide bonds. The largest absolute Gasteiger partial charge is 0.508 e. The summed E-state index contributed by atoms with van der Waals surface area (Å²) in [5.74, 6) is -15.2. The van der Waals surface area contributed by atoms with Crippen LogP contribution >= 0.6 is 12.2 Å². The molecule has 0 unspecified atom stereocenters. The number of nitrogens with zero attached hydrogens (tertiary/aromatic N) is 1. The van der Waals surface area contributed by atoms with Gasteiger partial charge in [0.15, 0.2) is 10.7 Å². The summed E-state index contributed by atoms with van der Waals surface area (Å²) in [7, 11) is 0. The molecule has 36 heteroatoms. The van der Waals surface area contributed by atoms with Crippen molar-refractivity contribution in [2.75, 3.05) is 18.4 Å². The van der Waals surface area contributed by atoms with Crippen LogP contribution in [0.2, 0.25) is 0 Å². The lowest BCUT2D eigenvalue weighted by Gasteiger charge is -2.36. The fraction of sp³-hybridized carbons (Fsp3) is 0.452. The van der Waals surface area contributed by atoms with E-state index < -0.39 is 174 Å². The fourth-order valence-electron chi connectivity index (χ4n) is 13.2. The van der Waals surface area contributed by atoms with E-state index in [4.69, 9.17) is 33.2 Å². The van der Waals surface area contributed by atoms with Crippen LogP contribution < -0.4 is 74.7 Å². The zero-order chi connectivity index (χ0) is 79.6. The average Bonchev–Trinajstić information content (AvgIpc) is 1.59. The van der Waals surface area contributed by atoms with E-state index in [-0.39, 0.29) is 117 Å². The van der Waals surface area contributed by atoms with Crippen LogP contribution in [0.3, 0.4) is 0 Å². The first-order valence-corrected chi connectivity index (χ1v) is 36.0. The zero-order valence-corrected chi connectivity index (χ0v) is 61.0. The highest BCUT2D eigenvalue weighted by Gasteiger charge is 2.54. The van der Waals surface area contributed by atoms with E-state index in [2.05, 4.69) is 58.5 Å². The minimum absolute atomic E-state index is 0.0862. The number of rotatable bonds is 29. The number of unbranched alkanes of at least 4 members (excludes halogenated alkanes) is 1. The number of aliphatic carboxylic acids is 2. The van der Waals surface area contributed by atoms with E-state index in [1.165, 1.54) is 36.1 Å². The van der Waals surface area contributed by atoms with E-state index >= 15 is 0 Å². The standard InChI is InChI=1S/C73H90N14O21S/c1-36(2)60(78-38(4)88)70(105)87-29-13-19-54(87)69(104)83-49-18-10-6-9-17-48(81-67(102)51(30-39-14-7-5-8-15-39)85-65(100)50(82-63(49)98)26-27-57(74)91)64(99)86-52(34-58(92)93)66(101)77-37(3)62(97)84-53(35-59(94)95)68(103)80-47(61(75)96)16-11-12-28-76-72(109)79-40-20-23-44-43(31-40)71(106)108-73(44)45-24-21-41(89)32-55(45)107-56-33-42(90)22-25-46(56)73/h5,7-8,14-15,20-25,31-33,36-37,47-54,60,89-90H,6,9-13,16-19,26-30,34-35H2,1-4H3,(H2,74,91)(H2,75,96)(H,77,101)(H,78,88)(H,80,103)(H,81,102)(H,82,98)(H,83,104)(H,84,97)(H,85,100)(H,86,99)(H,92,93)(H,94,95)(H2,76,79,109)/t37-,47-,48-,49-,50-,51-,52-,53-,54-,60-/m0/s1. The van der Waals surface area contributed by atoms with Crippen LogP contribution in [0.1, 0.15) is 150 Å². The molecule has 0 bridgehead atoms. The summed E-state index contributed by atoms with van der Waals surface area (Å²) in [4.78, 5) is 204. The zero-order valence-electron chi connectivity index (χ0n) is 60.2. The van der Waals surface area contributed by atoms with Crippen LogP contribution in [0.25, 0.3) is 0 Å². The van der Waals surface area contributed by atoms with Gasteiger partial charge in [0.2, 0.25) is 70.9 Å². The van der Waals surface area contributed by atoms with Gasteiger partial charge in [-0.15, -0.1) is 0 Å². The van der Waals surface area contributed by atoms with E-state index in [0.29, 0.717) is 40.8 Å². The van der Waals surface area contributed by atoms with Crippen LogP contribution in [0, 0.1) is 5.92 Å². The molecular formula is C73H90N14O21S. The monoisotopic (exact) mass is 1530 g/mol. The number of carbonyl (C=O) groups is 15. The maximum atomic E-state index is 14.5. The number of amides is 12. The number of nitrogens with two attached hydrogens (primary N) is 2. The van der Waals surface area contributed by atoms with Crippen molar-refractivity contribution in [1.82, 2.24) is 58.1 Å². The number of hydrogen-bond donors (Lipinski definition) is 17. The lowest BCUT2D eigenvalue weighted by Crippen LogP contribution is -2.60. The molecule has 2 saturated heterocycles.